The summed E-state index contributed by atoms with van der Waals surface area (Å²) in [5.74, 6) is 0.363. The summed E-state index contributed by atoms with van der Waals surface area (Å²) >= 11 is 0. The lowest BCUT2D eigenvalue weighted by molar-refractivity contribution is 0.231. The first kappa shape index (κ1) is 11.9. The summed E-state index contributed by atoms with van der Waals surface area (Å²) in [7, 11) is -4.36. The fourth-order valence-electron chi connectivity index (χ4n) is 1.56. The molecule has 0 aromatic carbocycles. The highest BCUT2D eigenvalue weighted by molar-refractivity contribution is 7.89. The minimum absolute atomic E-state index is 0.363. The van der Waals surface area contributed by atoms with E-state index in [1.807, 2.05) is 12.2 Å². The van der Waals surface area contributed by atoms with Crippen LogP contribution in [0.25, 0.3) is 0 Å². The van der Waals surface area contributed by atoms with Gasteiger partial charge in [-0.05, 0) is 12.8 Å². The van der Waals surface area contributed by atoms with E-state index in [-0.39, 0.29) is 0 Å². The van der Waals surface area contributed by atoms with E-state index in [9.17, 15) is 8.42 Å². The van der Waals surface area contributed by atoms with Gasteiger partial charge in [0.15, 0.2) is 0 Å². The van der Waals surface area contributed by atoms with Gasteiger partial charge in [0.05, 0.1) is 0 Å². The Morgan fingerprint density at radius 3 is 2.82 bits per heavy atom. The Labute approximate surface area is 99.5 Å². The molecule has 1 N–H and O–H groups in total. The van der Waals surface area contributed by atoms with Gasteiger partial charge in [0.25, 0.3) is 5.09 Å². The van der Waals surface area contributed by atoms with Crippen LogP contribution in [0, 0.1) is 0 Å². The lowest BCUT2D eigenvalue weighted by Gasteiger charge is -2.16. The van der Waals surface area contributed by atoms with Crippen molar-refractivity contribution in [2.45, 2.75) is 19.3 Å². The molecule has 1 aliphatic heterocycles. The number of hydrogen-bond donors (Lipinski definition) is 1. The van der Waals surface area contributed by atoms with Crippen molar-refractivity contribution in [2.24, 2.45) is 0 Å². The molecule has 0 aromatic rings. The maximum absolute atomic E-state index is 10.9. The van der Waals surface area contributed by atoms with Crippen LogP contribution < -0.4 is 0 Å². The van der Waals surface area contributed by atoms with E-state index in [2.05, 4.69) is 6.08 Å². The van der Waals surface area contributed by atoms with Crippen LogP contribution in [-0.2, 0) is 19.6 Å². The van der Waals surface area contributed by atoms with Gasteiger partial charge in [-0.3, -0.25) is 4.55 Å². The van der Waals surface area contributed by atoms with Crippen LogP contribution in [0.5, 0.6) is 0 Å². The number of ether oxygens (including phenoxy) is 2. The summed E-state index contributed by atoms with van der Waals surface area (Å²) < 4.78 is 40.4. The van der Waals surface area contributed by atoms with Crippen molar-refractivity contribution < 1.29 is 22.4 Å². The van der Waals surface area contributed by atoms with Crippen LogP contribution in [0.3, 0.4) is 0 Å². The molecule has 5 nitrogen and oxygen atoms in total. The van der Waals surface area contributed by atoms with Gasteiger partial charge in [-0.25, -0.2) is 0 Å². The third-order valence-corrected chi connectivity index (χ3v) is 3.04. The highest BCUT2D eigenvalue weighted by Gasteiger charge is 2.22. The molecule has 0 aromatic heterocycles. The summed E-state index contributed by atoms with van der Waals surface area (Å²) in [4.78, 5) is 0. The van der Waals surface area contributed by atoms with Gasteiger partial charge in [0.1, 0.15) is 18.3 Å². The van der Waals surface area contributed by atoms with Crippen LogP contribution >= 0.6 is 0 Å². The van der Waals surface area contributed by atoms with E-state index in [1.54, 1.807) is 0 Å². The van der Waals surface area contributed by atoms with Crippen LogP contribution in [0.2, 0.25) is 0 Å². The summed E-state index contributed by atoms with van der Waals surface area (Å²) in [6.45, 7) is 0. The Bertz CT molecular complexity index is 522. The number of rotatable bonds is 3. The highest BCUT2D eigenvalue weighted by atomic mass is 32.2. The molecule has 1 aliphatic carbocycles. The van der Waals surface area contributed by atoms with Gasteiger partial charge in [-0.15, -0.1) is 0 Å². The number of allylic oxidation sites excluding steroid dienone is 4. The molecule has 2 rings (SSSR count). The molecule has 0 bridgehead atoms. The predicted octanol–water partition coefficient (Wildman–Crippen LogP) is 2.23. The molecule has 17 heavy (non-hydrogen) atoms. The van der Waals surface area contributed by atoms with E-state index < -0.39 is 15.2 Å². The van der Waals surface area contributed by atoms with Crippen molar-refractivity contribution in [1.29, 1.82) is 0 Å². The normalized spacial score (nSPS) is 19.7. The quantitative estimate of drug-likeness (QED) is 0.784. The zero-order chi connectivity index (χ0) is 12.3. The van der Waals surface area contributed by atoms with Gasteiger partial charge >= 0.3 is 10.1 Å². The standard InChI is InChI=1S/C11H12O5S/c12-17(13,14)11-8-15-7-10(16-11)6-9-4-2-1-3-5-9/h1-2,4,7-8H,3,5-6H2,(H,12,13,14). The van der Waals surface area contributed by atoms with E-state index in [0.29, 0.717) is 12.2 Å². The first-order valence-corrected chi connectivity index (χ1v) is 6.54. The van der Waals surface area contributed by atoms with E-state index in [4.69, 9.17) is 14.0 Å². The Morgan fingerprint density at radius 1 is 1.35 bits per heavy atom. The second-order valence-electron chi connectivity index (χ2n) is 3.70. The Balaban J connectivity index is 2.03. The van der Waals surface area contributed by atoms with E-state index in [0.717, 1.165) is 24.7 Å². The second-order valence-corrected chi connectivity index (χ2v) is 5.06. The van der Waals surface area contributed by atoms with Gasteiger partial charge in [0, 0.05) is 6.42 Å². The van der Waals surface area contributed by atoms with Crippen molar-refractivity contribution in [3.05, 3.63) is 47.2 Å². The highest BCUT2D eigenvalue weighted by Crippen LogP contribution is 2.25. The van der Waals surface area contributed by atoms with E-state index in [1.165, 1.54) is 6.26 Å². The third kappa shape index (κ3) is 3.21. The molecule has 0 amide bonds. The molecule has 0 spiro atoms. The third-order valence-electron chi connectivity index (χ3n) is 2.35. The van der Waals surface area contributed by atoms with Crippen molar-refractivity contribution in [2.75, 3.05) is 0 Å². The SMILES string of the molecule is O=S(=O)(O)C1=COC=C(CC2=CC=CCC2)O1. The molecule has 2 aliphatic rings. The molecule has 0 fully saturated rings. The van der Waals surface area contributed by atoms with Crippen LogP contribution in [0.1, 0.15) is 19.3 Å². The van der Waals surface area contributed by atoms with Crippen LogP contribution in [0.15, 0.2) is 47.2 Å². The van der Waals surface area contributed by atoms with Gasteiger partial charge in [-0.1, -0.05) is 23.8 Å². The predicted molar refractivity (Wildman–Crippen MR) is 61.0 cm³/mol. The first-order chi connectivity index (χ1) is 8.05. The smallest absolute Gasteiger partial charge is 0.331 e. The largest absolute Gasteiger partial charge is 0.464 e. The fourth-order valence-corrected chi connectivity index (χ4v) is 1.95. The maximum atomic E-state index is 10.9. The van der Waals surface area contributed by atoms with Crippen molar-refractivity contribution in [1.82, 2.24) is 0 Å². The van der Waals surface area contributed by atoms with Gasteiger partial charge in [-0.2, -0.15) is 8.42 Å². The number of hydrogen-bond acceptors (Lipinski definition) is 4. The first-order valence-electron chi connectivity index (χ1n) is 5.10. The average Bonchev–Trinajstić information content (AvgIpc) is 2.29. The molecular formula is C11H12O5S. The fraction of sp³-hybridized carbons (Fsp3) is 0.273. The summed E-state index contributed by atoms with van der Waals surface area (Å²) in [6.07, 6.45) is 10.5. The molecule has 0 saturated heterocycles. The zero-order valence-electron chi connectivity index (χ0n) is 9.00. The van der Waals surface area contributed by atoms with Gasteiger partial charge in [0.2, 0.25) is 0 Å². The molecule has 6 heteroatoms. The monoisotopic (exact) mass is 256 g/mol. The Morgan fingerprint density at radius 2 is 2.18 bits per heavy atom. The lowest BCUT2D eigenvalue weighted by Crippen LogP contribution is -2.10. The van der Waals surface area contributed by atoms with Crippen LogP contribution in [0.4, 0.5) is 0 Å². The molecule has 92 valence electrons. The Kier molecular flexibility index (Phi) is 3.35. The van der Waals surface area contributed by atoms with Crippen LogP contribution in [-0.4, -0.2) is 13.0 Å². The van der Waals surface area contributed by atoms with Gasteiger partial charge < -0.3 is 9.47 Å². The molecule has 0 unspecified atom stereocenters. The second kappa shape index (κ2) is 4.77. The summed E-state index contributed by atoms with van der Waals surface area (Å²) in [6, 6.07) is 0. The minimum Gasteiger partial charge on any atom is -0.464 e. The molecule has 1 heterocycles. The Hall–Kier alpha value is -1.53. The van der Waals surface area contributed by atoms with Crippen molar-refractivity contribution in [3.63, 3.8) is 0 Å². The summed E-state index contributed by atoms with van der Waals surface area (Å²) in [5, 5.41) is -0.582. The van der Waals surface area contributed by atoms with E-state index >= 15 is 0 Å². The molecular weight excluding hydrogens is 244 g/mol. The maximum Gasteiger partial charge on any atom is 0.331 e. The zero-order valence-corrected chi connectivity index (χ0v) is 9.81. The topological polar surface area (TPSA) is 72.8 Å². The molecule has 0 saturated carbocycles. The summed E-state index contributed by atoms with van der Waals surface area (Å²) in [5.41, 5.74) is 1.12. The lowest BCUT2D eigenvalue weighted by atomic mass is 10.0. The molecule has 0 atom stereocenters. The molecule has 0 radical (unpaired) electrons. The minimum atomic E-state index is -4.36. The van der Waals surface area contributed by atoms with Crippen molar-refractivity contribution in [3.8, 4) is 0 Å². The van der Waals surface area contributed by atoms with Crippen molar-refractivity contribution >= 4 is 10.1 Å². The average molecular weight is 256 g/mol.